The third-order valence-corrected chi connectivity index (χ3v) is 2.58. The molecule has 0 saturated carbocycles. The Kier molecular flexibility index (Phi) is 8.05. The number of aliphatic hydroxyl groups excluding tert-OH is 1. The van der Waals surface area contributed by atoms with E-state index in [-0.39, 0.29) is 12.2 Å². The van der Waals surface area contributed by atoms with Crippen molar-refractivity contribution in [2.45, 2.75) is 32.1 Å². The third kappa shape index (κ3) is 6.06. The number of unbranched alkanes of at least 4 members (excludes halogenated alkanes) is 3. The number of ether oxygens (including phenoxy) is 1. The molecule has 0 aromatic heterocycles. The molecule has 5 nitrogen and oxygen atoms in total. The van der Waals surface area contributed by atoms with Crippen molar-refractivity contribution >= 4 is 11.9 Å². The number of aliphatic hydroxyl groups is 1. The lowest BCUT2D eigenvalue weighted by atomic mass is 9.94. The zero-order valence-corrected chi connectivity index (χ0v) is 10.1. The van der Waals surface area contributed by atoms with E-state index in [9.17, 15) is 9.59 Å². The van der Waals surface area contributed by atoms with Crippen molar-refractivity contribution in [2.24, 2.45) is 5.92 Å². The lowest BCUT2D eigenvalue weighted by Gasteiger charge is -2.14. The maximum Gasteiger partial charge on any atom is 0.331 e. The number of esters is 1. The molecule has 0 amide bonds. The van der Waals surface area contributed by atoms with E-state index in [0.29, 0.717) is 12.8 Å². The van der Waals surface area contributed by atoms with Crippen LogP contribution in [0.25, 0.3) is 0 Å². The minimum atomic E-state index is -1.17. The van der Waals surface area contributed by atoms with Crippen LogP contribution in [0.5, 0.6) is 0 Å². The average molecular weight is 244 g/mol. The summed E-state index contributed by atoms with van der Waals surface area (Å²) >= 11 is 0. The summed E-state index contributed by atoms with van der Waals surface area (Å²) in [5.41, 5.74) is -0.126. The highest BCUT2D eigenvalue weighted by Crippen LogP contribution is 2.19. The summed E-state index contributed by atoms with van der Waals surface area (Å²) in [6, 6.07) is 0. The number of aliphatic carboxylic acids is 1. The zero-order chi connectivity index (χ0) is 13.3. The molecule has 1 atom stereocenters. The van der Waals surface area contributed by atoms with E-state index >= 15 is 0 Å². The van der Waals surface area contributed by atoms with E-state index in [1.54, 1.807) is 0 Å². The summed E-state index contributed by atoms with van der Waals surface area (Å²) in [5, 5.41) is 17.4. The SMILES string of the molecule is C=C(C(=O)O)C(CCCCCCO)C(=O)OC. The number of carbonyl (C=O) groups excluding carboxylic acids is 1. The van der Waals surface area contributed by atoms with Gasteiger partial charge in [0.05, 0.1) is 13.0 Å². The molecular weight excluding hydrogens is 224 g/mol. The summed E-state index contributed by atoms with van der Waals surface area (Å²) in [6.45, 7) is 3.55. The van der Waals surface area contributed by atoms with E-state index in [1.807, 2.05) is 0 Å². The fraction of sp³-hybridized carbons (Fsp3) is 0.667. The van der Waals surface area contributed by atoms with Gasteiger partial charge in [-0.1, -0.05) is 25.8 Å². The normalized spacial score (nSPS) is 11.9. The van der Waals surface area contributed by atoms with Crippen LogP contribution in [-0.4, -0.2) is 35.9 Å². The second-order valence-electron chi connectivity index (χ2n) is 3.83. The van der Waals surface area contributed by atoms with Crippen LogP contribution < -0.4 is 0 Å². The predicted octanol–water partition coefficient (Wildman–Crippen LogP) is 1.36. The van der Waals surface area contributed by atoms with Gasteiger partial charge >= 0.3 is 11.9 Å². The first-order valence-electron chi connectivity index (χ1n) is 5.65. The second-order valence-corrected chi connectivity index (χ2v) is 3.83. The van der Waals surface area contributed by atoms with Crippen LogP contribution in [0.3, 0.4) is 0 Å². The molecule has 0 spiro atoms. The molecule has 0 radical (unpaired) electrons. The average Bonchev–Trinajstić information content (AvgIpc) is 2.32. The van der Waals surface area contributed by atoms with E-state index in [4.69, 9.17) is 10.2 Å². The monoisotopic (exact) mass is 244 g/mol. The Morgan fingerprint density at radius 3 is 2.29 bits per heavy atom. The number of rotatable bonds is 9. The molecule has 0 aliphatic rings. The van der Waals surface area contributed by atoms with Crippen LogP contribution in [0.1, 0.15) is 32.1 Å². The van der Waals surface area contributed by atoms with Crippen molar-refractivity contribution in [1.29, 1.82) is 0 Å². The lowest BCUT2D eigenvalue weighted by Crippen LogP contribution is -2.22. The minimum absolute atomic E-state index is 0.126. The fourth-order valence-electron chi connectivity index (χ4n) is 1.54. The summed E-state index contributed by atoms with van der Waals surface area (Å²) in [6.07, 6.45) is 3.57. The first kappa shape index (κ1) is 15.6. The minimum Gasteiger partial charge on any atom is -0.478 e. The number of carboxylic acids is 1. The van der Waals surface area contributed by atoms with Gasteiger partial charge in [0.2, 0.25) is 0 Å². The number of methoxy groups -OCH3 is 1. The number of carbonyl (C=O) groups is 2. The van der Waals surface area contributed by atoms with Crippen molar-refractivity contribution in [3.8, 4) is 0 Å². The van der Waals surface area contributed by atoms with Gasteiger partial charge in [0.25, 0.3) is 0 Å². The lowest BCUT2D eigenvalue weighted by molar-refractivity contribution is -0.146. The molecule has 2 N–H and O–H groups in total. The summed E-state index contributed by atoms with van der Waals surface area (Å²) < 4.78 is 4.56. The van der Waals surface area contributed by atoms with Crippen LogP contribution in [0.15, 0.2) is 12.2 Å². The van der Waals surface area contributed by atoms with Crippen LogP contribution in [0.4, 0.5) is 0 Å². The van der Waals surface area contributed by atoms with Crippen molar-refractivity contribution in [2.75, 3.05) is 13.7 Å². The molecule has 0 aliphatic heterocycles. The molecule has 0 saturated heterocycles. The first-order valence-corrected chi connectivity index (χ1v) is 5.65. The van der Waals surface area contributed by atoms with E-state index in [2.05, 4.69) is 11.3 Å². The highest BCUT2D eigenvalue weighted by molar-refractivity contribution is 5.93. The molecule has 98 valence electrons. The number of carboxylic acid groups (broad SMARTS) is 1. The maximum absolute atomic E-state index is 11.4. The highest BCUT2D eigenvalue weighted by Gasteiger charge is 2.26. The maximum atomic E-state index is 11.4. The molecule has 0 bridgehead atoms. The smallest absolute Gasteiger partial charge is 0.331 e. The van der Waals surface area contributed by atoms with Crippen LogP contribution >= 0.6 is 0 Å². The molecule has 0 heterocycles. The Morgan fingerprint density at radius 2 is 1.82 bits per heavy atom. The van der Waals surface area contributed by atoms with Gasteiger partial charge in [0.15, 0.2) is 0 Å². The zero-order valence-electron chi connectivity index (χ0n) is 10.1. The predicted molar refractivity (Wildman–Crippen MR) is 62.5 cm³/mol. The van der Waals surface area contributed by atoms with Gasteiger partial charge in [-0.05, 0) is 12.8 Å². The Hall–Kier alpha value is -1.36. The van der Waals surface area contributed by atoms with Crippen molar-refractivity contribution in [1.82, 2.24) is 0 Å². The van der Waals surface area contributed by atoms with Crippen molar-refractivity contribution in [3.63, 3.8) is 0 Å². The van der Waals surface area contributed by atoms with Gasteiger partial charge in [0.1, 0.15) is 0 Å². The van der Waals surface area contributed by atoms with Gasteiger partial charge in [-0.25, -0.2) is 4.79 Å². The summed E-state index contributed by atoms with van der Waals surface area (Å²) in [4.78, 5) is 22.1. The van der Waals surface area contributed by atoms with E-state index in [1.165, 1.54) is 7.11 Å². The molecule has 5 heteroatoms. The van der Waals surface area contributed by atoms with E-state index < -0.39 is 17.9 Å². The molecule has 0 rings (SSSR count). The Labute approximate surface area is 101 Å². The van der Waals surface area contributed by atoms with Gasteiger partial charge in [0, 0.05) is 12.2 Å². The molecule has 0 aromatic carbocycles. The molecule has 0 fully saturated rings. The summed E-state index contributed by atoms with van der Waals surface area (Å²) in [5.74, 6) is -2.50. The molecule has 0 aliphatic carbocycles. The standard InChI is InChI=1S/C12H20O5/c1-9(11(14)15)10(12(16)17-2)7-5-3-4-6-8-13/h10,13H,1,3-8H2,2H3,(H,14,15). The largest absolute Gasteiger partial charge is 0.478 e. The van der Waals surface area contributed by atoms with Gasteiger partial charge in [-0.15, -0.1) is 0 Å². The number of hydrogen-bond donors (Lipinski definition) is 2. The Morgan fingerprint density at radius 1 is 1.24 bits per heavy atom. The van der Waals surface area contributed by atoms with Crippen molar-refractivity contribution < 1.29 is 24.5 Å². The molecular formula is C12H20O5. The first-order chi connectivity index (χ1) is 8.04. The number of hydrogen-bond acceptors (Lipinski definition) is 4. The highest BCUT2D eigenvalue weighted by atomic mass is 16.5. The van der Waals surface area contributed by atoms with Gasteiger partial charge < -0.3 is 14.9 Å². The van der Waals surface area contributed by atoms with Crippen LogP contribution in [-0.2, 0) is 14.3 Å². The van der Waals surface area contributed by atoms with Crippen LogP contribution in [0, 0.1) is 5.92 Å². The van der Waals surface area contributed by atoms with Gasteiger partial charge in [-0.2, -0.15) is 0 Å². The van der Waals surface area contributed by atoms with Crippen LogP contribution in [0.2, 0.25) is 0 Å². The molecule has 17 heavy (non-hydrogen) atoms. The third-order valence-electron chi connectivity index (χ3n) is 2.58. The van der Waals surface area contributed by atoms with Crippen molar-refractivity contribution in [3.05, 3.63) is 12.2 Å². The topological polar surface area (TPSA) is 83.8 Å². The quantitative estimate of drug-likeness (QED) is 0.363. The second kappa shape index (κ2) is 8.75. The summed E-state index contributed by atoms with van der Waals surface area (Å²) in [7, 11) is 1.23. The van der Waals surface area contributed by atoms with E-state index in [0.717, 1.165) is 19.3 Å². The molecule has 0 aromatic rings. The van der Waals surface area contributed by atoms with Gasteiger partial charge in [-0.3, -0.25) is 4.79 Å². The Bertz CT molecular complexity index is 272. The molecule has 1 unspecified atom stereocenters. The fourth-order valence-corrected chi connectivity index (χ4v) is 1.54. The Balaban J connectivity index is 4.17.